The molecule has 2 heterocycles. The first-order valence-corrected chi connectivity index (χ1v) is 8.05. The number of amides is 1. The lowest BCUT2D eigenvalue weighted by Gasteiger charge is -2.06. The molecule has 1 amide bonds. The summed E-state index contributed by atoms with van der Waals surface area (Å²) in [5.74, 6) is 1.67. The maximum Gasteiger partial charge on any atom is 0.226 e. The third-order valence-electron chi connectivity index (χ3n) is 2.86. The summed E-state index contributed by atoms with van der Waals surface area (Å²) in [6, 6.07) is 0. The van der Waals surface area contributed by atoms with Gasteiger partial charge < -0.3 is 10.6 Å². The molecule has 1 aromatic rings. The van der Waals surface area contributed by atoms with Gasteiger partial charge in [-0.05, 0) is 37.6 Å². The molecule has 0 radical (unpaired) electrons. The monoisotopic (exact) mass is 286 g/mol. The summed E-state index contributed by atoms with van der Waals surface area (Å²) < 4.78 is 0.910. The van der Waals surface area contributed by atoms with Crippen LogP contribution >= 0.6 is 23.1 Å². The first-order chi connectivity index (χ1) is 8.78. The highest BCUT2D eigenvalue weighted by molar-refractivity contribution is 8.01. The zero-order chi connectivity index (χ0) is 12.8. The van der Waals surface area contributed by atoms with Gasteiger partial charge in [-0.25, -0.2) is 0 Å². The predicted octanol–water partition coefficient (Wildman–Crippen LogP) is 1.98. The summed E-state index contributed by atoms with van der Waals surface area (Å²) in [5.41, 5.74) is 0. The molecule has 1 aliphatic rings. The van der Waals surface area contributed by atoms with Gasteiger partial charge >= 0.3 is 0 Å². The average molecular weight is 286 g/mol. The molecule has 5 nitrogen and oxygen atoms in total. The van der Waals surface area contributed by atoms with Crippen molar-refractivity contribution in [2.24, 2.45) is 5.92 Å². The topological polar surface area (TPSA) is 66.9 Å². The van der Waals surface area contributed by atoms with E-state index in [9.17, 15) is 4.79 Å². The quantitative estimate of drug-likeness (QED) is 0.618. The van der Waals surface area contributed by atoms with Crippen LogP contribution < -0.4 is 10.6 Å². The van der Waals surface area contributed by atoms with E-state index in [-0.39, 0.29) is 5.91 Å². The van der Waals surface area contributed by atoms with Crippen molar-refractivity contribution in [2.45, 2.75) is 30.5 Å². The van der Waals surface area contributed by atoms with Gasteiger partial charge in [-0.1, -0.05) is 30.0 Å². The molecule has 100 valence electrons. The van der Waals surface area contributed by atoms with Crippen LogP contribution in [0, 0.1) is 5.92 Å². The van der Waals surface area contributed by atoms with Crippen LogP contribution in [0.15, 0.2) is 4.34 Å². The first kappa shape index (κ1) is 13.8. The molecule has 0 aliphatic carbocycles. The molecule has 1 saturated heterocycles. The van der Waals surface area contributed by atoms with Gasteiger partial charge in [0.1, 0.15) is 0 Å². The van der Waals surface area contributed by atoms with Crippen molar-refractivity contribution in [3.05, 3.63) is 0 Å². The van der Waals surface area contributed by atoms with E-state index in [1.807, 2.05) is 0 Å². The van der Waals surface area contributed by atoms with Crippen molar-refractivity contribution >= 4 is 34.1 Å². The number of thioether (sulfide) groups is 1. The molecule has 1 aromatic heterocycles. The van der Waals surface area contributed by atoms with E-state index in [1.54, 1.807) is 11.8 Å². The lowest BCUT2D eigenvalue weighted by Crippen LogP contribution is -2.14. The lowest BCUT2D eigenvalue weighted by molar-refractivity contribution is -0.116. The van der Waals surface area contributed by atoms with E-state index in [0.29, 0.717) is 17.5 Å². The Hall–Kier alpha value is -0.660. The second-order valence-electron chi connectivity index (χ2n) is 4.25. The van der Waals surface area contributed by atoms with E-state index < -0.39 is 0 Å². The van der Waals surface area contributed by atoms with Crippen molar-refractivity contribution in [1.29, 1.82) is 0 Å². The number of rotatable bonds is 6. The number of aromatic nitrogens is 2. The van der Waals surface area contributed by atoms with E-state index in [0.717, 1.165) is 29.6 Å². The van der Waals surface area contributed by atoms with E-state index in [2.05, 4.69) is 27.8 Å². The van der Waals surface area contributed by atoms with Gasteiger partial charge in [-0.15, -0.1) is 10.2 Å². The number of nitrogens with zero attached hydrogens (tertiary/aromatic N) is 2. The molecule has 1 unspecified atom stereocenters. The molecule has 0 spiro atoms. The molecule has 1 atom stereocenters. The Bertz CT molecular complexity index is 390. The van der Waals surface area contributed by atoms with Gasteiger partial charge in [0.05, 0.1) is 0 Å². The van der Waals surface area contributed by atoms with Crippen molar-refractivity contribution in [1.82, 2.24) is 15.5 Å². The highest BCUT2D eigenvalue weighted by Gasteiger charge is 2.16. The lowest BCUT2D eigenvalue weighted by atomic mass is 10.0. The molecule has 0 aromatic carbocycles. The summed E-state index contributed by atoms with van der Waals surface area (Å²) in [7, 11) is 0. The zero-order valence-electron chi connectivity index (χ0n) is 10.4. The van der Waals surface area contributed by atoms with Gasteiger partial charge in [0.15, 0.2) is 4.34 Å². The summed E-state index contributed by atoms with van der Waals surface area (Å²) in [6.45, 7) is 4.20. The number of carbonyl (C=O) groups excluding carboxylic acids is 1. The van der Waals surface area contributed by atoms with Crippen molar-refractivity contribution in [2.75, 3.05) is 24.2 Å². The molecule has 1 fully saturated rings. The Balaban J connectivity index is 1.72. The van der Waals surface area contributed by atoms with Crippen molar-refractivity contribution < 1.29 is 4.79 Å². The molecule has 2 rings (SSSR count). The fraction of sp³-hybridized carbons (Fsp3) is 0.727. The number of carbonyl (C=O) groups is 1. The maximum absolute atomic E-state index is 11.7. The molecule has 18 heavy (non-hydrogen) atoms. The van der Waals surface area contributed by atoms with Crippen LogP contribution in [0.5, 0.6) is 0 Å². The molecule has 1 aliphatic heterocycles. The van der Waals surface area contributed by atoms with Crippen molar-refractivity contribution in [3.8, 4) is 0 Å². The third kappa shape index (κ3) is 4.22. The van der Waals surface area contributed by atoms with Crippen LogP contribution in [0.3, 0.4) is 0 Å². The molecular formula is C11H18N4OS2. The molecule has 0 bridgehead atoms. The van der Waals surface area contributed by atoms with Gasteiger partial charge in [-0.2, -0.15) is 0 Å². The minimum absolute atomic E-state index is 0.0473. The minimum Gasteiger partial charge on any atom is -0.316 e. The van der Waals surface area contributed by atoms with E-state index >= 15 is 0 Å². The molecular weight excluding hydrogens is 268 g/mol. The number of anilines is 1. The van der Waals surface area contributed by atoms with Crippen LogP contribution in [0.1, 0.15) is 26.2 Å². The number of hydrogen-bond donors (Lipinski definition) is 2. The fourth-order valence-corrected chi connectivity index (χ4v) is 3.59. The van der Waals surface area contributed by atoms with Gasteiger partial charge in [0, 0.05) is 6.42 Å². The van der Waals surface area contributed by atoms with Crippen LogP contribution in [0.4, 0.5) is 5.13 Å². The Morgan fingerprint density at radius 3 is 3.22 bits per heavy atom. The summed E-state index contributed by atoms with van der Waals surface area (Å²) in [4.78, 5) is 11.7. The SMILES string of the molecule is CCSc1nnc(NC(=O)CCC2CCNC2)s1. The average Bonchev–Trinajstić information content (AvgIpc) is 2.99. The molecule has 2 N–H and O–H groups in total. The Morgan fingerprint density at radius 1 is 1.61 bits per heavy atom. The second-order valence-corrected chi connectivity index (χ2v) is 6.74. The minimum atomic E-state index is 0.0473. The highest BCUT2D eigenvalue weighted by atomic mass is 32.2. The molecule has 0 saturated carbocycles. The standard InChI is InChI=1S/C11H18N4OS2/c1-2-17-11-15-14-10(18-11)13-9(16)4-3-8-5-6-12-7-8/h8,12H,2-7H2,1H3,(H,13,14,16). The van der Waals surface area contributed by atoms with Crippen LogP contribution in [-0.2, 0) is 4.79 Å². The first-order valence-electron chi connectivity index (χ1n) is 6.24. The summed E-state index contributed by atoms with van der Waals surface area (Å²) in [6.07, 6.45) is 2.71. The smallest absolute Gasteiger partial charge is 0.226 e. The molecule has 7 heteroatoms. The van der Waals surface area contributed by atoms with Gasteiger partial charge in [0.2, 0.25) is 11.0 Å². The van der Waals surface area contributed by atoms with Crippen LogP contribution in [-0.4, -0.2) is 34.9 Å². The number of nitrogens with one attached hydrogen (secondary N) is 2. The van der Waals surface area contributed by atoms with Gasteiger partial charge in [-0.3, -0.25) is 4.79 Å². The maximum atomic E-state index is 11.7. The van der Waals surface area contributed by atoms with Crippen LogP contribution in [0.25, 0.3) is 0 Å². The van der Waals surface area contributed by atoms with E-state index in [1.165, 1.54) is 17.8 Å². The summed E-state index contributed by atoms with van der Waals surface area (Å²) >= 11 is 3.08. The van der Waals surface area contributed by atoms with Crippen molar-refractivity contribution in [3.63, 3.8) is 0 Å². The van der Waals surface area contributed by atoms with E-state index in [4.69, 9.17) is 0 Å². The normalized spacial score (nSPS) is 19.1. The third-order valence-corrected chi connectivity index (χ3v) is 4.72. The Labute approximate surface area is 115 Å². The second kappa shape index (κ2) is 7.06. The largest absolute Gasteiger partial charge is 0.316 e. The Morgan fingerprint density at radius 2 is 2.50 bits per heavy atom. The fourth-order valence-electron chi connectivity index (χ4n) is 1.92. The summed E-state index contributed by atoms with van der Waals surface area (Å²) in [5, 5.41) is 14.7. The van der Waals surface area contributed by atoms with Crippen LogP contribution in [0.2, 0.25) is 0 Å². The predicted molar refractivity (Wildman–Crippen MR) is 75.1 cm³/mol. The highest BCUT2D eigenvalue weighted by Crippen LogP contribution is 2.25. The Kier molecular flexibility index (Phi) is 5.40. The number of hydrogen-bond acceptors (Lipinski definition) is 6. The van der Waals surface area contributed by atoms with Gasteiger partial charge in [0.25, 0.3) is 0 Å². The zero-order valence-corrected chi connectivity index (χ0v) is 12.1.